The van der Waals surface area contributed by atoms with Crippen molar-refractivity contribution >= 4 is 6.66 Å². The fourth-order valence-corrected chi connectivity index (χ4v) is 13.6. The van der Waals surface area contributed by atoms with Crippen LogP contribution in [0.3, 0.4) is 0 Å². The third kappa shape index (κ3) is 4.40. The topological polar surface area (TPSA) is 9.23 Å². The van der Waals surface area contributed by atoms with Gasteiger partial charge in [0.25, 0.3) is 0 Å². The van der Waals surface area contributed by atoms with Gasteiger partial charge in [-0.25, -0.2) is 0 Å². The molecule has 0 amide bonds. The summed E-state index contributed by atoms with van der Waals surface area (Å²) >= 11 is -1.73. The van der Waals surface area contributed by atoms with Crippen LogP contribution in [0, 0.1) is 12.8 Å². The first kappa shape index (κ1) is 20.7. The van der Waals surface area contributed by atoms with E-state index in [9.17, 15) is 0 Å². The van der Waals surface area contributed by atoms with Gasteiger partial charge in [-0.05, 0) is 0 Å². The number of allylic oxidation sites excluding steroid dienone is 4. The van der Waals surface area contributed by atoms with Gasteiger partial charge < -0.3 is 0 Å². The van der Waals surface area contributed by atoms with Crippen molar-refractivity contribution in [2.24, 2.45) is 5.92 Å². The molecule has 2 rings (SSSR count). The molecule has 1 aromatic rings. The Morgan fingerprint density at radius 1 is 0.960 bits per heavy atom. The summed E-state index contributed by atoms with van der Waals surface area (Å²) in [5.41, 5.74) is 7.43. The van der Waals surface area contributed by atoms with E-state index in [-0.39, 0.29) is 5.41 Å². The summed E-state index contributed by atoms with van der Waals surface area (Å²) in [6.45, 7) is 22.4. The van der Waals surface area contributed by atoms with E-state index in [0.29, 0.717) is 5.92 Å². The first-order valence-electron chi connectivity index (χ1n) is 9.49. The summed E-state index contributed by atoms with van der Waals surface area (Å²) in [5.74, 6) is 1.69. The number of hydrogen-bond acceptors (Lipinski definition) is 1. The Morgan fingerprint density at radius 2 is 1.56 bits per heavy atom. The SMILES string of the molecule is CC1=C(C)C(C)[C]([Ti]([O]c2cc(C)cc(C(C)(C)C)c2)[SiH](C)C)=C1C. The molecule has 0 fully saturated rings. The maximum absolute atomic E-state index is 6.86. The fraction of sp³-hybridized carbons (Fsp3) is 0.545. The predicted molar refractivity (Wildman–Crippen MR) is 110 cm³/mol. The zero-order valence-corrected chi connectivity index (χ0v) is 20.5. The number of benzene rings is 1. The van der Waals surface area contributed by atoms with Crippen molar-refractivity contribution in [2.45, 2.75) is 73.9 Å². The molecule has 25 heavy (non-hydrogen) atoms. The van der Waals surface area contributed by atoms with E-state index < -0.39 is 24.2 Å². The molecule has 0 bridgehead atoms. The van der Waals surface area contributed by atoms with E-state index in [4.69, 9.17) is 3.32 Å². The van der Waals surface area contributed by atoms with Crippen molar-refractivity contribution in [2.75, 3.05) is 0 Å². The van der Waals surface area contributed by atoms with Crippen LogP contribution in [0.1, 0.15) is 59.6 Å². The summed E-state index contributed by atoms with van der Waals surface area (Å²) in [4.78, 5) is 0. The quantitative estimate of drug-likeness (QED) is 0.536. The first-order chi connectivity index (χ1) is 11.4. The average molecular weight is 391 g/mol. The van der Waals surface area contributed by atoms with Crippen LogP contribution in [-0.2, 0) is 22.9 Å². The minimum absolute atomic E-state index is 0.157. The van der Waals surface area contributed by atoms with Gasteiger partial charge in [0.05, 0.1) is 0 Å². The molecule has 0 saturated carbocycles. The van der Waals surface area contributed by atoms with Crippen LogP contribution in [0.25, 0.3) is 0 Å². The normalized spacial score (nSPS) is 18.4. The van der Waals surface area contributed by atoms with Crippen molar-refractivity contribution in [3.8, 4) is 5.75 Å². The fourth-order valence-electron chi connectivity index (χ4n) is 3.61. The van der Waals surface area contributed by atoms with Crippen molar-refractivity contribution in [1.82, 2.24) is 0 Å². The van der Waals surface area contributed by atoms with Crippen LogP contribution in [0.4, 0.5) is 0 Å². The summed E-state index contributed by atoms with van der Waals surface area (Å²) in [5, 5.41) is 0. The molecule has 1 aliphatic carbocycles. The third-order valence-corrected chi connectivity index (χ3v) is 16.1. The van der Waals surface area contributed by atoms with Gasteiger partial charge in [0, 0.05) is 0 Å². The molecule has 0 N–H and O–H groups in total. The molecule has 1 atom stereocenters. The molecule has 0 saturated heterocycles. The van der Waals surface area contributed by atoms with Gasteiger partial charge in [-0.2, -0.15) is 0 Å². The van der Waals surface area contributed by atoms with Gasteiger partial charge in [-0.3, -0.25) is 0 Å². The number of hydrogen-bond donors (Lipinski definition) is 0. The van der Waals surface area contributed by atoms with Gasteiger partial charge in [-0.15, -0.1) is 0 Å². The zero-order chi connectivity index (χ0) is 19.1. The molecule has 1 aliphatic rings. The molecule has 0 spiro atoms. The van der Waals surface area contributed by atoms with E-state index in [0.717, 1.165) is 5.75 Å². The van der Waals surface area contributed by atoms with Gasteiger partial charge >= 0.3 is 163 Å². The molecule has 1 aromatic carbocycles. The maximum atomic E-state index is 6.86. The summed E-state index contributed by atoms with van der Waals surface area (Å²) in [6.07, 6.45) is 0. The molecule has 1 nitrogen and oxygen atoms in total. The molecular weight excluding hydrogens is 356 g/mol. The Kier molecular flexibility index (Phi) is 6.29. The van der Waals surface area contributed by atoms with Crippen molar-refractivity contribution in [1.29, 1.82) is 0 Å². The summed E-state index contributed by atoms with van der Waals surface area (Å²) in [7, 11) is 0. The summed E-state index contributed by atoms with van der Waals surface area (Å²) < 4.78 is 8.55. The Labute approximate surface area is 162 Å². The second-order valence-corrected chi connectivity index (χ2v) is 21.2. The van der Waals surface area contributed by atoms with Crippen molar-refractivity contribution < 1.29 is 20.8 Å². The van der Waals surface area contributed by atoms with Crippen LogP contribution in [0.2, 0.25) is 13.1 Å². The molecule has 1 unspecified atom stereocenters. The van der Waals surface area contributed by atoms with Gasteiger partial charge in [0.2, 0.25) is 0 Å². The molecule has 0 heterocycles. The van der Waals surface area contributed by atoms with E-state index in [2.05, 4.69) is 86.7 Å². The van der Waals surface area contributed by atoms with Crippen molar-refractivity contribution in [3.63, 3.8) is 0 Å². The molecule has 0 radical (unpaired) electrons. The summed E-state index contributed by atoms with van der Waals surface area (Å²) in [6, 6.07) is 6.83. The number of rotatable bonds is 4. The van der Waals surface area contributed by atoms with E-state index in [1.807, 2.05) is 0 Å². The molecule has 0 aliphatic heterocycles. The Hall–Kier alpha value is -0.569. The predicted octanol–water partition coefficient (Wildman–Crippen LogP) is 6.45. The van der Waals surface area contributed by atoms with Gasteiger partial charge in [0.15, 0.2) is 0 Å². The third-order valence-electron chi connectivity index (χ3n) is 5.58. The second kappa shape index (κ2) is 7.58. The van der Waals surface area contributed by atoms with Crippen LogP contribution >= 0.6 is 0 Å². The molecule has 137 valence electrons. The van der Waals surface area contributed by atoms with Crippen LogP contribution in [0.5, 0.6) is 5.75 Å². The van der Waals surface area contributed by atoms with Crippen LogP contribution in [-0.4, -0.2) is 6.66 Å². The van der Waals surface area contributed by atoms with Crippen molar-refractivity contribution in [3.05, 3.63) is 49.9 Å². The van der Waals surface area contributed by atoms with Crippen LogP contribution < -0.4 is 3.32 Å². The van der Waals surface area contributed by atoms with Gasteiger partial charge in [0.1, 0.15) is 0 Å². The second-order valence-electron chi connectivity index (χ2n) is 8.97. The van der Waals surface area contributed by atoms with Gasteiger partial charge in [-0.1, -0.05) is 0 Å². The number of aryl methyl sites for hydroxylation is 1. The average Bonchev–Trinajstić information content (AvgIpc) is 2.67. The monoisotopic (exact) mass is 391 g/mol. The standard InChI is InChI=1S/C11H16O.C9H13.C2H7Si.Ti/c1-8-5-9(11(2,3)4)7-10(12)6-8;1-6-5-7(2)9(4)8(6)3;1-3-2;/h5-7,12H,1-4H3;6H,1-4H3;3H,1-2H3;/q;;;+1/p-1. The van der Waals surface area contributed by atoms with Crippen LogP contribution in [0.15, 0.2) is 38.8 Å². The van der Waals surface area contributed by atoms with E-state index in [1.165, 1.54) is 22.3 Å². The molecule has 0 aromatic heterocycles. The zero-order valence-electron chi connectivity index (χ0n) is 17.8. The Balaban J connectivity index is 2.41. The van der Waals surface area contributed by atoms with E-state index >= 15 is 0 Å². The molecule has 3 heteroatoms. The minimum atomic E-state index is -1.73. The first-order valence-corrected chi connectivity index (χ1v) is 16.5. The molecular formula is C22H35OSiTi. The Morgan fingerprint density at radius 3 is 2.00 bits per heavy atom. The Bertz CT molecular complexity index is 722. The van der Waals surface area contributed by atoms with E-state index in [1.54, 1.807) is 9.45 Å².